The highest BCUT2D eigenvalue weighted by molar-refractivity contribution is 5.37. The Morgan fingerprint density at radius 3 is 2.64 bits per heavy atom. The zero-order valence-corrected chi connectivity index (χ0v) is 17.4. The number of aliphatic hydroxyl groups is 3. The summed E-state index contributed by atoms with van der Waals surface area (Å²) in [6.07, 6.45) is 8.92. The van der Waals surface area contributed by atoms with Crippen molar-refractivity contribution in [2.75, 3.05) is 19.7 Å². The zero-order chi connectivity index (χ0) is 19.9. The van der Waals surface area contributed by atoms with Crippen molar-refractivity contribution in [1.29, 1.82) is 0 Å². The average molecular weight is 392 g/mol. The molecule has 0 aromatic heterocycles. The Labute approximate surface area is 169 Å². The molecule has 0 aliphatic heterocycles. The molecule has 0 heterocycles. The van der Waals surface area contributed by atoms with Gasteiger partial charge < -0.3 is 20.1 Å². The summed E-state index contributed by atoms with van der Waals surface area (Å²) in [4.78, 5) is 2.63. The zero-order valence-electron chi connectivity index (χ0n) is 17.4. The summed E-state index contributed by atoms with van der Waals surface area (Å²) in [5.41, 5.74) is 0.561. The van der Waals surface area contributed by atoms with Crippen LogP contribution in [0.2, 0.25) is 0 Å². The van der Waals surface area contributed by atoms with Crippen LogP contribution in [0.5, 0.6) is 0 Å². The van der Waals surface area contributed by atoms with E-state index in [1.807, 2.05) is 0 Å². The molecule has 0 spiro atoms. The molecular weight excluding hydrogens is 354 g/mol. The molecule has 0 bridgehead atoms. The predicted octanol–water partition coefficient (Wildman–Crippen LogP) is 4.09. The molecule has 0 aromatic carbocycles. The second-order valence-corrected chi connectivity index (χ2v) is 9.39. The lowest BCUT2D eigenvalue weighted by atomic mass is 9.57. The highest BCUT2D eigenvalue weighted by atomic mass is 16.5. The minimum absolute atomic E-state index is 0.000479. The maximum atomic E-state index is 10.8. The van der Waals surface area contributed by atoms with Gasteiger partial charge in [0.1, 0.15) is 0 Å². The quantitative estimate of drug-likeness (QED) is 0.610. The molecule has 28 heavy (non-hydrogen) atoms. The first-order valence-corrected chi connectivity index (χ1v) is 11.4. The molecule has 3 N–H and O–H groups in total. The van der Waals surface area contributed by atoms with Crippen molar-refractivity contribution in [2.45, 2.75) is 83.0 Å². The van der Waals surface area contributed by atoms with Gasteiger partial charge in [0.2, 0.25) is 0 Å². The third-order valence-corrected chi connectivity index (χ3v) is 7.58. The molecule has 2 unspecified atom stereocenters. The second-order valence-electron chi connectivity index (χ2n) is 9.39. The summed E-state index contributed by atoms with van der Waals surface area (Å²) >= 11 is 0. The summed E-state index contributed by atoms with van der Waals surface area (Å²) in [6, 6.07) is 0.303. The van der Waals surface area contributed by atoms with Crippen LogP contribution in [0.25, 0.3) is 0 Å². The minimum atomic E-state index is -0.377. The monoisotopic (exact) mass is 391 g/mol. The van der Waals surface area contributed by atoms with Crippen LogP contribution < -0.4 is 0 Å². The van der Waals surface area contributed by atoms with Crippen molar-refractivity contribution in [3.63, 3.8) is 0 Å². The van der Waals surface area contributed by atoms with Crippen molar-refractivity contribution in [3.05, 3.63) is 23.2 Å². The Balaban J connectivity index is 1.76. The molecule has 0 amide bonds. The van der Waals surface area contributed by atoms with Gasteiger partial charge in [0.25, 0.3) is 0 Å². The maximum absolute atomic E-state index is 10.8. The lowest BCUT2D eigenvalue weighted by Crippen LogP contribution is -2.65. The minimum Gasteiger partial charge on any atom is -0.504 e. The lowest BCUT2D eigenvalue weighted by molar-refractivity contribution is -0.178. The number of hydrogen-bond donors (Lipinski definition) is 3. The highest BCUT2D eigenvalue weighted by Gasteiger charge is 2.58. The molecule has 5 heteroatoms. The van der Waals surface area contributed by atoms with Gasteiger partial charge >= 0.3 is 0 Å². The van der Waals surface area contributed by atoms with Crippen LogP contribution in [-0.4, -0.2) is 57.7 Å². The van der Waals surface area contributed by atoms with Crippen LogP contribution in [0, 0.1) is 17.8 Å². The van der Waals surface area contributed by atoms with Crippen LogP contribution in [0.3, 0.4) is 0 Å². The van der Waals surface area contributed by atoms with E-state index in [2.05, 4.69) is 18.7 Å². The Bertz CT molecular complexity index is 637. The molecule has 5 nitrogen and oxygen atoms in total. The largest absolute Gasteiger partial charge is 0.504 e. The van der Waals surface area contributed by atoms with Crippen LogP contribution >= 0.6 is 0 Å². The van der Waals surface area contributed by atoms with E-state index in [-0.39, 0.29) is 35.1 Å². The summed E-state index contributed by atoms with van der Waals surface area (Å²) in [6.45, 7) is 7.22. The molecule has 4 aliphatic rings. The number of allylic oxidation sites excluding steroid dienone is 1. The molecule has 0 radical (unpaired) electrons. The second kappa shape index (κ2) is 8.00. The molecule has 3 saturated carbocycles. The van der Waals surface area contributed by atoms with Crippen LogP contribution in [-0.2, 0) is 4.74 Å². The summed E-state index contributed by atoms with van der Waals surface area (Å²) < 4.78 is 6.70. The van der Waals surface area contributed by atoms with E-state index in [1.165, 1.54) is 12.8 Å². The molecule has 3 fully saturated rings. The van der Waals surface area contributed by atoms with E-state index in [9.17, 15) is 15.3 Å². The standard InChI is InChI=1S/C23H37NO4/c1-3-11-28-23-10-9-17(25)13-18(23)21-16(7-8-19(26)22(21)27)12-20(23)24(4-2)14-15-5-6-15/h8,15-18,20,25-27H,3-7,9-14H2,1-2H3/t16?,17-,18?,20-,23+/m1/s1. The SMILES string of the molecule is CCCO[C@@]12CC[C@@H](O)CC1C1=C(O)C(O)=CCC1C[C@H]2N(CC)CC1CC1. The Morgan fingerprint density at radius 2 is 1.96 bits per heavy atom. The number of rotatable bonds is 7. The van der Waals surface area contributed by atoms with Crippen LogP contribution in [0.1, 0.15) is 65.2 Å². The van der Waals surface area contributed by atoms with E-state index in [1.54, 1.807) is 6.08 Å². The van der Waals surface area contributed by atoms with Crippen molar-refractivity contribution in [1.82, 2.24) is 4.90 Å². The van der Waals surface area contributed by atoms with Gasteiger partial charge in [-0.15, -0.1) is 0 Å². The van der Waals surface area contributed by atoms with Gasteiger partial charge in [0.15, 0.2) is 11.5 Å². The normalized spacial score (nSPS) is 38.2. The fraction of sp³-hybridized carbons (Fsp3) is 0.826. The van der Waals surface area contributed by atoms with Gasteiger partial charge in [-0.05, 0) is 81.4 Å². The number of aliphatic hydroxyl groups excluding tert-OH is 3. The molecule has 0 aromatic rings. The van der Waals surface area contributed by atoms with Gasteiger partial charge in [-0.1, -0.05) is 13.8 Å². The van der Waals surface area contributed by atoms with E-state index in [4.69, 9.17) is 4.74 Å². The first-order valence-electron chi connectivity index (χ1n) is 11.4. The summed E-state index contributed by atoms with van der Waals surface area (Å²) in [5, 5.41) is 31.5. The number of ether oxygens (including phenoxy) is 1. The average Bonchev–Trinajstić information content (AvgIpc) is 3.51. The van der Waals surface area contributed by atoms with Crippen molar-refractivity contribution in [3.8, 4) is 0 Å². The Hall–Kier alpha value is -1.04. The molecule has 4 rings (SSSR count). The van der Waals surface area contributed by atoms with E-state index in [0.717, 1.165) is 56.7 Å². The number of nitrogens with zero attached hydrogens (tertiary/aromatic N) is 1. The first-order chi connectivity index (χ1) is 13.5. The lowest BCUT2D eigenvalue weighted by Gasteiger charge is -2.58. The van der Waals surface area contributed by atoms with Gasteiger partial charge in [-0.2, -0.15) is 0 Å². The summed E-state index contributed by atoms with van der Waals surface area (Å²) in [5.74, 6) is 1.05. The smallest absolute Gasteiger partial charge is 0.156 e. The fourth-order valence-corrected chi connectivity index (χ4v) is 6.03. The van der Waals surface area contributed by atoms with E-state index >= 15 is 0 Å². The highest BCUT2D eigenvalue weighted by Crippen LogP contribution is 2.55. The van der Waals surface area contributed by atoms with Crippen molar-refractivity contribution >= 4 is 0 Å². The maximum Gasteiger partial charge on any atom is 0.156 e. The predicted molar refractivity (Wildman–Crippen MR) is 109 cm³/mol. The molecular formula is C23H37NO4. The van der Waals surface area contributed by atoms with Gasteiger partial charge in [0, 0.05) is 25.1 Å². The number of fused-ring (bicyclic) bond motifs is 3. The fourth-order valence-electron chi connectivity index (χ4n) is 6.03. The first kappa shape index (κ1) is 20.2. The third kappa shape index (κ3) is 3.50. The van der Waals surface area contributed by atoms with Crippen LogP contribution in [0.15, 0.2) is 23.2 Å². The Morgan fingerprint density at radius 1 is 1.18 bits per heavy atom. The topological polar surface area (TPSA) is 73.2 Å². The van der Waals surface area contributed by atoms with Crippen molar-refractivity contribution < 1.29 is 20.1 Å². The van der Waals surface area contributed by atoms with E-state index in [0.29, 0.717) is 19.1 Å². The third-order valence-electron chi connectivity index (χ3n) is 7.58. The Kier molecular flexibility index (Phi) is 5.78. The molecule has 0 saturated heterocycles. The molecule has 5 atom stereocenters. The number of hydrogen-bond acceptors (Lipinski definition) is 5. The van der Waals surface area contributed by atoms with Gasteiger partial charge in [-0.25, -0.2) is 0 Å². The summed E-state index contributed by atoms with van der Waals surface area (Å²) in [7, 11) is 0. The molecule has 158 valence electrons. The van der Waals surface area contributed by atoms with Crippen molar-refractivity contribution in [2.24, 2.45) is 17.8 Å². The van der Waals surface area contributed by atoms with Gasteiger partial charge in [-0.3, -0.25) is 4.90 Å². The van der Waals surface area contributed by atoms with Gasteiger partial charge in [0.05, 0.1) is 11.7 Å². The van der Waals surface area contributed by atoms with E-state index < -0.39 is 0 Å². The molecule has 4 aliphatic carbocycles. The number of likely N-dealkylation sites (N-methyl/N-ethyl adjacent to an activating group) is 1. The van der Waals surface area contributed by atoms with Crippen LogP contribution in [0.4, 0.5) is 0 Å².